The van der Waals surface area contributed by atoms with Gasteiger partial charge >= 0.3 is 0 Å². The van der Waals surface area contributed by atoms with Crippen molar-refractivity contribution in [2.24, 2.45) is 0 Å². The van der Waals surface area contributed by atoms with Gasteiger partial charge in [0.1, 0.15) is 0 Å². The maximum Gasteiger partial charge on any atom is 0.223 e. The molecule has 0 N–H and O–H groups in total. The van der Waals surface area contributed by atoms with Crippen molar-refractivity contribution in [3.63, 3.8) is 0 Å². The molecular formula is C12H17NO2S. The third kappa shape index (κ3) is 3.52. The van der Waals surface area contributed by atoms with Crippen molar-refractivity contribution in [1.29, 1.82) is 0 Å². The topological polar surface area (TPSA) is 37.4 Å². The molecule has 1 atom stereocenters. The Morgan fingerprint density at radius 1 is 1.69 bits per heavy atom. The Morgan fingerprint density at radius 2 is 2.44 bits per heavy atom. The number of hydrogen-bond donors (Lipinski definition) is 0. The molecule has 0 spiro atoms. The summed E-state index contributed by atoms with van der Waals surface area (Å²) in [5.74, 6) is 1.02. The molecule has 1 amide bonds. The fourth-order valence-electron chi connectivity index (χ4n) is 1.77. The van der Waals surface area contributed by atoms with E-state index < -0.39 is 0 Å². The van der Waals surface area contributed by atoms with E-state index in [1.807, 2.05) is 11.5 Å². The lowest BCUT2D eigenvalue weighted by Crippen LogP contribution is -2.38. The molecule has 1 heterocycles. The van der Waals surface area contributed by atoms with E-state index in [-0.39, 0.29) is 17.7 Å². The number of carbonyl (C=O) groups is 2. The molecule has 3 nitrogen and oxygen atoms in total. The summed E-state index contributed by atoms with van der Waals surface area (Å²) in [6.45, 7) is 5.78. The minimum absolute atomic E-state index is 0.0949. The minimum Gasteiger partial charge on any atom is -0.332 e. The van der Waals surface area contributed by atoms with Crippen LogP contribution in [0.2, 0.25) is 0 Å². The summed E-state index contributed by atoms with van der Waals surface area (Å²) >= 11 is 1.62. The smallest absolute Gasteiger partial charge is 0.223 e. The molecular weight excluding hydrogens is 222 g/mol. The van der Waals surface area contributed by atoms with Gasteiger partial charge in [0.25, 0.3) is 0 Å². The lowest BCUT2D eigenvalue weighted by molar-refractivity contribution is -0.133. The highest BCUT2D eigenvalue weighted by Crippen LogP contribution is 2.20. The van der Waals surface area contributed by atoms with Crippen molar-refractivity contribution >= 4 is 23.5 Å². The SMILES string of the molecule is C=C/C=C\SCCN1C(=O)CC[C@H]1C(C)=O. The summed E-state index contributed by atoms with van der Waals surface area (Å²) in [6.07, 6.45) is 4.77. The van der Waals surface area contributed by atoms with Crippen LogP contribution in [0.15, 0.2) is 24.1 Å². The van der Waals surface area contributed by atoms with Crippen LogP contribution in [0.5, 0.6) is 0 Å². The predicted molar refractivity (Wildman–Crippen MR) is 67.2 cm³/mol. The second-order valence-electron chi connectivity index (χ2n) is 3.69. The van der Waals surface area contributed by atoms with Gasteiger partial charge in [-0.05, 0) is 18.8 Å². The van der Waals surface area contributed by atoms with E-state index >= 15 is 0 Å². The molecule has 1 aliphatic heterocycles. The monoisotopic (exact) mass is 239 g/mol. The van der Waals surface area contributed by atoms with Gasteiger partial charge in [0.2, 0.25) is 5.91 Å². The van der Waals surface area contributed by atoms with Gasteiger partial charge in [0.05, 0.1) is 6.04 Å². The zero-order chi connectivity index (χ0) is 12.0. The number of Topliss-reactive ketones (excluding diaryl/α,β-unsaturated/α-hetero) is 1. The molecule has 0 saturated carbocycles. The summed E-state index contributed by atoms with van der Waals surface area (Å²) in [7, 11) is 0. The Kier molecular flexibility index (Phi) is 5.32. The van der Waals surface area contributed by atoms with Crippen LogP contribution in [0.4, 0.5) is 0 Å². The summed E-state index contributed by atoms with van der Waals surface area (Å²) in [6, 6.07) is -0.184. The van der Waals surface area contributed by atoms with Crippen LogP contribution in [0.3, 0.4) is 0 Å². The van der Waals surface area contributed by atoms with E-state index in [1.54, 1.807) is 29.7 Å². The van der Waals surface area contributed by atoms with Crippen LogP contribution in [0.1, 0.15) is 19.8 Å². The molecule has 88 valence electrons. The first-order valence-electron chi connectivity index (χ1n) is 5.36. The predicted octanol–water partition coefficient (Wildman–Crippen LogP) is 2.00. The Hall–Kier alpha value is -1.03. The van der Waals surface area contributed by atoms with Crippen molar-refractivity contribution in [3.8, 4) is 0 Å². The highest BCUT2D eigenvalue weighted by Gasteiger charge is 2.33. The molecule has 1 fully saturated rings. The standard InChI is InChI=1S/C12H17NO2S/c1-3-4-8-16-9-7-13-11(10(2)14)5-6-12(13)15/h3-4,8,11H,1,5-7,9H2,2H3/b8-4-/t11-/m0/s1. The van der Waals surface area contributed by atoms with Gasteiger partial charge in [0.15, 0.2) is 5.78 Å². The molecule has 0 bridgehead atoms. The van der Waals surface area contributed by atoms with E-state index in [0.717, 1.165) is 5.75 Å². The van der Waals surface area contributed by atoms with Crippen LogP contribution in [-0.2, 0) is 9.59 Å². The molecule has 1 saturated heterocycles. The fraction of sp³-hybridized carbons (Fsp3) is 0.500. The van der Waals surface area contributed by atoms with Crippen LogP contribution in [-0.4, -0.2) is 34.9 Å². The van der Waals surface area contributed by atoms with Crippen LogP contribution < -0.4 is 0 Å². The summed E-state index contributed by atoms with van der Waals surface area (Å²) < 4.78 is 0. The number of ketones is 1. The van der Waals surface area contributed by atoms with Crippen molar-refractivity contribution in [3.05, 3.63) is 24.1 Å². The Labute approximate surface area is 101 Å². The fourth-order valence-corrected chi connectivity index (χ4v) is 2.43. The van der Waals surface area contributed by atoms with Gasteiger partial charge in [0, 0.05) is 18.7 Å². The maximum atomic E-state index is 11.5. The van der Waals surface area contributed by atoms with Gasteiger partial charge in [-0.2, -0.15) is 0 Å². The average Bonchev–Trinajstić information content (AvgIpc) is 2.60. The molecule has 0 unspecified atom stereocenters. The average molecular weight is 239 g/mol. The number of hydrogen-bond acceptors (Lipinski definition) is 3. The lowest BCUT2D eigenvalue weighted by Gasteiger charge is -2.22. The third-order valence-electron chi connectivity index (χ3n) is 2.56. The summed E-state index contributed by atoms with van der Waals surface area (Å²) in [4.78, 5) is 24.6. The molecule has 0 aromatic heterocycles. The first-order valence-corrected chi connectivity index (χ1v) is 6.40. The summed E-state index contributed by atoms with van der Waals surface area (Å²) in [5, 5.41) is 1.94. The second kappa shape index (κ2) is 6.53. The number of carbonyl (C=O) groups excluding carboxylic acids is 2. The zero-order valence-corrected chi connectivity index (χ0v) is 10.3. The van der Waals surface area contributed by atoms with Crippen molar-refractivity contribution in [2.75, 3.05) is 12.3 Å². The number of likely N-dealkylation sites (tertiary alicyclic amines) is 1. The maximum absolute atomic E-state index is 11.5. The van der Waals surface area contributed by atoms with E-state index in [2.05, 4.69) is 6.58 Å². The van der Waals surface area contributed by atoms with Crippen LogP contribution in [0.25, 0.3) is 0 Å². The Morgan fingerprint density at radius 3 is 3.06 bits per heavy atom. The van der Waals surface area contributed by atoms with Crippen molar-refractivity contribution < 1.29 is 9.59 Å². The number of allylic oxidation sites excluding steroid dienone is 2. The van der Waals surface area contributed by atoms with E-state index in [1.165, 1.54) is 0 Å². The number of rotatable bonds is 6. The normalized spacial score (nSPS) is 20.7. The van der Waals surface area contributed by atoms with Gasteiger partial charge in [-0.3, -0.25) is 9.59 Å². The third-order valence-corrected chi connectivity index (χ3v) is 3.33. The first kappa shape index (κ1) is 13.0. The minimum atomic E-state index is -0.184. The number of thioether (sulfide) groups is 1. The Balaban J connectivity index is 2.38. The van der Waals surface area contributed by atoms with E-state index in [0.29, 0.717) is 19.4 Å². The molecule has 1 rings (SSSR count). The highest BCUT2D eigenvalue weighted by atomic mass is 32.2. The molecule has 16 heavy (non-hydrogen) atoms. The molecule has 0 aromatic carbocycles. The molecule has 0 radical (unpaired) electrons. The lowest BCUT2D eigenvalue weighted by atomic mass is 10.1. The first-order chi connectivity index (χ1) is 7.66. The van der Waals surface area contributed by atoms with E-state index in [9.17, 15) is 9.59 Å². The Bertz CT molecular complexity index is 312. The quantitative estimate of drug-likeness (QED) is 0.525. The van der Waals surface area contributed by atoms with Crippen molar-refractivity contribution in [2.45, 2.75) is 25.8 Å². The largest absolute Gasteiger partial charge is 0.332 e. The summed E-state index contributed by atoms with van der Waals surface area (Å²) in [5.41, 5.74) is 0. The molecule has 4 heteroatoms. The van der Waals surface area contributed by atoms with Gasteiger partial charge in [-0.25, -0.2) is 0 Å². The van der Waals surface area contributed by atoms with Crippen LogP contribution >= 0.6 is 11.8 Å². The zero-order valence-electron chi connectivity index (χ0n) is 9.52. The number of amides is 1. The van der Waals surface area contributed by atoms with Gasteiger partial charge < -0.3 is 4.90 Å². The second-order valence-corrected chi connectivity index (χ2v) is 4.70. The van der Waals surface area contributed by atoms with Gasteiger partial charge in [-0.15, -0.1) is 11.8 Å². The van der Waals surface area contributed by atoms with Crippen molar-refractivity contribution in [1.82, 2.24) is 4.90 Å². The molecule has 0 aliphatic carbocycles. The van der Waals surface area contributed by atoms with Gasteiger partial charge in [-0.1, -0.05) is 18.7 Å². The van der Waals surface area contributed by atoms with E-state index in [4.69, 9.17) is 0 Å². The highest BCUT2D eigenvalue weighted by molar-refractivity contribution is 8.02. The van der Waals surface area contributed by atoms with Crippen LogP contribution in [0, 0.1) is 0 Å². The number of nitrogens with zero attached hydrogens (tertiary/aromatic N) is 1. The molecule has 1 aliphatic rings. The molecule has 0 aromatic rings.